The van der Waals surface area contributed by atoms with E-state index in [0.717, 1.165) is 11.3 Å². The highest BCUT2D eigenvalue weighted by atomic mass is 16.5. The van der Waals surface area contributed by atoms with Crippen molar-refractivity contribution in [2.24, 2.45) is 0 Å². The van der Waals surface area contributed by atoms with Crippen LogP contribution >= 0.6 is 0 Å². The smallest absolute Gasteiger partial charge is 0.261 e. The molecule has 21 heavy (non-hydrogen) atoms. The number of nitrogens with one attached hydrogen (secondary N) is 1. The molecule has 0 bridgehead atoms. The average molecular weight is 285 g/mol. The molecule has 0 heterocycles. The maximum absolute atomic E-state index is 12.0. The summed E-state index contributed by atoms with van der Waals surface area (Å²) >= 11 is 0. The molecule has 1 N–H and O–H groups in total. The molecule has 110 valence electrons. The van der Waals surface area contributed by atoms with Crippen LogP contribution in [0.2, 0.25) is 0 Å². The van der Waals surface area contributed by atoms with Crippen molar-refractivity contribution in [2.75, 3.05) is 7.11 Å². The number of methoxy groups -OCH3 is 1. The highest BCUT2D eigenvalue weighted by Gasteiger charge is 2.13. The van der Waals surface area contributed by atoms with Crippen molar-refractivity contribution in [3.8, 4) is 11.5 Å². The molecule has 0 saturated carbocycles. The second kappa shape index (κ2) is 7.33. The minimum Gasteiger partial charge on any atom is -0.497 e. The predicted molar refractivity (Wildman–Crippen MR) is 81.4 cm³/mol. The first-order valence-corrected chi connectivity index (χ1v) is 6.81. The van der Waals surface area contributed by atoms with E-state index in [-0.39, 0.29) is 5.91 Å². The molecule has 0 aliphatic heterocycles. The molecule has 1 atom stereocenters. The van der Waals surface area contributed by atoms with Crippen LogP contribution < -0.4 is 14.8 Å². The van der Waals surface area contributed by atoms with Gasteiger partial charge in [-0.25, -0.2) is 0 Å². The largest absolute Gasteiger partial charge is 0.497 e. The number of carbonyl (C=O) groups is 1. The van der Waals surface area contributed by atoms with E-state index < -0.39 is 6.10 Å². The van der Waals surface area contributed by atoms with Gasteiger partial charge in [-0.3, -0.25) is 4.79 Å². The number of hydrogen-bond acceptors (Lipinski definition) is 3. The Morgan fingerprint density at radius 1 is 1.05 bits per heavy atom. The molecule has 4 nitrogen and oxygen atoms in total. The Labute approximate surface area is 124 Å². The molecule has 0 aromatic heterocycles. The number of amides is 1. The van der Waals surface area contributed by atoms with Crippen LogP contribution in [0.5, 0.6) is 11.5 Å². The highest BCUT2D eigenvalue weighted by Crippen LogP contribution is 2.12. The molecule has 0 fully saturated rings. The van der Waals surface area contributed by atoms with E-state index in [2.05, 4.69) is 5.32 Å². The summed E-state index contributed by atoms with van der Waals surface area (Å²) in [4.78, 5) is 12.0. The van der Waals surface area contributed by atoms with Crippen LogP contribution in [0.4, 0.5) is 0 Å². The molecule has 1 amide bonds. The fourth-order valence-corrected chi connectivity index (χ4v) is 1.83. The second-order valence-electron chi connectivity index (χ2n) is 4.64. The lowest BCUT2D eigenvalue weighted by molar-refractivity contribution is -0.127. The Hall–Kier alpha value is -2.49. The van der Waals surface area contributed by atoms with Crippen LogP contribution in [0, 0.1) is 0 Å². The lowest BCUT2D eigenvalue weighted by Crippen LogP contribution is -2.35. The van der Waals surface area contributed by atoms with Crippen LogP contribution in [-0.4, -0.2) is 19.1 Å². The summed E-state index contributed by atoms with van der Waals surface area (Å²) in [6.07, 6.45) is -0.536. The zero-order chi connectivity index (χ0) is 15.1. The first-order valence-electron chi connectivity index (χ1n) is 6.81. The van der Waals surface area contributed by atoms with Crippen LogP contribution in [0.25, 0.3) is 0 Å². The van der Waals surface area contributed by atoms with Crippen molar-refractivity contribution in [2.45, 2.75) is 19.6 Å². The standard InChI is InChI=1S/C17H19NO3/c1-13(21-16-6-4-3-5-7-16)17(19)18-12-14-8-10-15(20-2)11-9-14/h3-11,13H,12H2,1-2H3,(H,18,19)/t13-/m0/s1. The average Bonchev–Trinajstić information content (AvgIpc) is 2.54. The molecule has 2 aromatic carbocycles. The topological polar surface area (TPSA) is 47.6 Å². The molecule has 0 saturated heterocycles. The quantitative estimate of drug-likeness (QED) is 0.887. The summed E-state index contributed by atoms with van der Waals surface area (Å²) in [6.45, 7) is 2.20. The van der Waals surface area contributed by atoms with Gasteiger partial charge >= 0.3 is 0 Å². The van der Waals surface area contributed by atoms with Crippen molar-refractivity contribution in [3.63, 3.8) is 0 Å². The van der Waals surface area contributed by atoms with Crippen LogP contribution in [0.1, 0.15) is 12.5 Å². The third-order valence-electron chi connectivity index (χ3n) is 3.05. The Morgan fingerprint density at radius 2 is 1.71 bits per heavy atom. The van der Waals surface area contributed by atoms with E-state index in [4.69, 9.17) is 9.47 Å². The monoisotopic (exact) mass is 285 g/mol. The maximum atomic E-state index is 12.0. The maximum Gasteiger partial charge on any atom is 0.261 e. The summed E-state index contributed by atoms with van der Waals surface area (Å²) < 4.78 is 10.7. The Bertz CT molecular complexity index is 566. The highest BCUT2D eigenvalue weighted by molar-refractivity contribution is 5.80. The van der Waals surface area contributed by atoms with Crippen molar-refractivity contribution in [1.29, 1.82) is 0 Å². The lowest BCUT2D eigenvalue weighted by Gasteiger charge is -2.14. The van der Waals surface area contributed by atoms with Gasteiger partial charge in [0.05, 0.1) is 7.11 Å². The minimum absolute atomic E-state index is 0.144. The Kier molecular flexibility index (Phi) is 5.21. The molecule has 2 aromatic rings. The molecule has 0 aliphatic rings. The molecule has 0 unspecified atom stereocenters. The van der Waals surface area contributed by atoms with E-state index in [1.54, 1.807) is 14.0 Å². The van der Waals surface area contributed by atoms with Gasteiger partial charge in [0.15, 0.2) is 6.10 Å². The molecule has 0 radical (unpaired) electrons. The molecule has 2 rings (SSSR count). The zero-order valence-electron chi connectivity index (χ0n) is 12.2. The van der Waals surface area contributed by atoms with Gasteiger partial charge < -0.3 is 14.8 Å². The van der Waals surface area contributed by atoms with Crippen LogP contribution in [0.3, 0.4) is 0 Å². The molecule has 4 heteroatoms. The molecule has 0 spiro atoms. The van der Waals surface area contributed by atoms with Gasteiger partial charge in [-0.15, -0.1) is 0 Å². The number of para-hydroxylation sites is 1. The number of ether oxygens (including phenoxy) is 2. The second-order valence-corrected chi connectivity index (χ2v) is 4.64. The van der Waals surface area contributed by atoms with Crippen molar-refractivity contribution >= 4 is 5.91 Å². The van der Waals surface area contributed by atoms with Gasteiger partial charge in [-0.05, 0) is 36.8 Å². The van der Waals surface area contributed by atoms with E-state index in [1.165, 1.54) is 0 Å². The van der Waals surface area contributed by atoms with Crippen LogP contribution in [-0.2, 0) is 11.3 Å². The minimum atomic E-state index is -0.536. The van der Waals surface area contributed by atoms with E-state index in [9.17, 15) is 4.79 Å². The molecular weight excluding hydrogens is 266 g/mol. The third kappa shape index (κ3) is 4.53. The summed E-state index contributed by atoms with van der Waals surface area (Å²) in [7, 11) is 1.62. The van der Waals surface area contributed by atoms with Gasteiger partial charge in [0.1, 0.15) is 11.5 Å². The van der Waals surface area contributed by atoms with Gasteiger partial charge in [0.25, 0.3) is 5.91 Å². The first kappa shape index (κ1) is 14.9. The first-order chi connectivity index (χ1) is 10.2. The number of carbonyl (C=O) groups excluding carboxylic acids is 1. The fraction of sp³-hybridized carbons (Fsp3) is 0.235. The van der Waals surface area contributed by atoms with E-state index in [0.29, 0.717) is 12.3 Å². The van der Waals surface area contributed by atoms with E-state index >= 15 is 0 Å². The fourth-order valence-electron chi connectivity index (χ4n) is 1.83. The zero-order valence-corrected chi connectivity index (χ0v) is 12.2. The summed E-state index contributed by atoms with van der Waals surface area (Å²) in [5.41, 5.74) is 1.01. The molecular formula is C17H19NO3. The number of benzene rings is 2. The molecule has 0 aliphatic carbocycles. The summed E-state index contributed by atoms with van der Waals surface area (Å²) in [6, 6.07) is 16.9. The summed E-state index contributed by atoms with van der Waals surface area (Å²) in [5, 5.41) is 2.85. The SMILES string of the molecule is COc1ccc(CNC(=O)[C@H](C)Oc2ccccc2)cc1. The van der Waals surface area contributed by atoms with Gasteiger partial charge in [-0.2, -0.15) is 0 Å². The van der Waals surface area contributed by atoms with Gasteiger partial charge in [0.2, 0.25) is 0 Å². The van der Waals surface area contributed by atoms with Crippen LogP contribution in [0.15, 0.2) is 54.6 Å². The predicted octanol–water partition coefficient (Wildman–Crippen LogP) is 2.78. The Balaban J connectivity index is 1.83. The summed E-state index contributed by atoms with van der Waals surface area (Å²) in [5.74, 6) is 1.34. The van der Waals surface area contributed by atoms with Crippen molar-refractivity contribution < 1.29 is 14.3 Å². The van der Waals surface area contributed by atoms with E-state index in [1.807, 2.05) is 54.6 Å². The third-order valence-corrected chi connectivity index (χ3v) is 3.05. The number of hydrogen-bond donors (Lipinski definition) is 1. The number of rotatable bonds is 6. The van der Waals surface area contributed by atoms with Crippen molar-refractivity contribution in [3.05, 3.63) is 60.2 Å². The van der Waals surface area contributed by atoms with Gasteiger partial charge in [0, 0.05) is 6.54 Å². The van der Waals surface area contributed by atoms with Crippen molar-refractivity contribution in [1.82, 2.24) is 5.32 Å². The lowest BCUT2D eigenvalue weighted by atomic mass is 10.2. The van der Waals surface area contributed by atoms with Gasteiger partial charge in [-0.1, -0.05) is 30.3 Å². The Morgan fingerprint density at radius 3 is 2.33 bits per heavy atom. The normalized spacial score (nSPS) is 11.5.